The molecular formula is C21H30N2O3. The SMILES string of the molecule is COC(=O)N1CCCCC1C(=O)N1CCC(CCc2ccccc2)CC1. The summed E-state index contributed by atoms with van der Waals surface area (Å²) in [6.45, 7) is 2.24. The number of carbonyl (C=O) groups excluding carboxylic acids is 2. The molecule has 0 aliphatic carbocycles. The molecule has 5 nitrogen and oxygen atoms in total. The first-order valence-corrected chi connectivity index (χ1v) is 9.86. The molecule has 2 saturated heterocycles. The number of methoxy groups -OCH3 is 1. The van der Waals surface area contributed by atoms with Gasteiger partial charge >= 0.3 is 6.09 Å². The first-order valence-electron chi connectivity index (χ1n) is 9.86. The van der Waals surface area contributed by atoms with Crippen LogP contribution in [0.15, 0.2) is 30.3 Å². The summed E-state index contributed by atoms with van der Waals surface area (Å²) in [5.74, 6) is 0.791. The predicted molar refractivity (Wildman–Crippen MR) is 101 cm³/mol. The van der Waals surface area contributed by atoms with E-state index in [0.717, 1.165) is 51.6 Å². The summed E-state index contributed by atoms with van der Waals surface area (Å²) >= 11 is 0. The number of piperidine rings is 2. The van der Waals surface area contributed by atoms with Gasteiger partial charge in [-0.1, -0.05) is 30.3 Å². The van der Waals surface area contributed by atoms with E-state index in [2.05, 4.69) is 30.3 Å². The van der Waals surface area contributed by atoms with E-state index in [4.69, 9.17) is 4.74 Å². The van der Waals surface area contributed by atoms with Gasteiger partial charge in [0.25, 0.3) is 0 Å². The van der Waals surface area contributed by atoms with Gasteiger partial charge in [0.05, 0.1) is 7.11 Å². The highest BCUT2D eigenvalue weighted by Crippen LogP contribution is 2.25. The topological polar surface area (TPSA) is 49.9 Å². The molecule has 26 heavy (non-hydrogen) atoms. The molecule has 2 fully saturated rings. The molecular weight excluding hydrogens is 328 g/mol. The van der Waals surface area contributed by atoms with E-state index in [-0.39, 0.29) is 18.0 Å². The number of benzene rings is 1. The van der Waals surface area contributed by atoms with Crippen LogP contribution in [-0.2, 0) is 16.0 Å². The van der Waals surface area contributed by atoms with Crippen molar-refractivity contribution in [3.8, 4) is 0 Å². The van der Waals surface area contributed by atoms with Gasteiger partial charge in [-0.15, -0.1) is 0 Å². The van der Waals surface area contributed by atoms with Crippen molar-refractivity contribution in [1.82, 2.24) is 9.80 Å². The van der Waals surface area contributed by atoms with E-state index in [1.807, 2.05) is 4.90 Å². The summed E-state index contributed by atoms with van der Waals surface area (Å²) in [6.07, 6.45) is 6.73. The highest BCUT2D eigenvalue weighted by Gasteiger charge is 2.36. The van der Waals surface area contributed by atoms with E-state index >= 15 is 0 Å². The summed E-state index contributed by atoms with van der Waals surface area (Å²) in [5.41, 5.74) is 1.39. The lowest BCUT2D eigenvalue weighted by Crippen LogP contribution is -2.54. The van der Waals surface area contributed by atoms with Gasteiger partial charge in [-0.05, 0) is 56.4 Å². The van der Waals surface area contributed by atoms with Crippen molar-refractivity contribution in [3.05, 3.63) is 35.9 Å². The molecule has 1 unspecified atom stereocenters. The number of amides is 2. The van der Waals surface area contributed by atoms with E-state index in [1.54, 1.807) is 4.90 Å². The summed E-state index contributed by atoms with van der Waals surface area (Å²) < 4.78 is 4.86. The molecule has 2 aliphatic heterocycles. The van der Waals surface area contributed by atoms with Gasteiger partial charge in [-0.25, -0.2) is 4.79 Å². The molecule has 2 aliphatic rings. The number of likely N-dealkylation sites (tertiary alicyclic amines) is 2. The van der Waals surface area contributed by atoms with Crippen LogP contribution < -0.4 is 0 Å². The molecule has 2 heterocycles. The summed E-state index contributed by atoms with van der Waals surface area (Å²) in [4.78, 5) is 28.5. The summed E-state index contributed by atoms with van der Waals surface area (Å²) in [7, 11) is 1.39. The Morgan fingerprint density at radius 1 is 1.04 bits per heavy atom. The van der Waals surface area contributed by atoms with Crippen LogP contribution in [0.25, 0.3) is 0 Å². The number of hydrogen-bond acceptors (Lipinski definition) is 3. The molecule has 1 aromatic rings. The molecule has 0 radical (unpaired) electrons. The van der Waals surface area contributed by atoms with Crippen LogP contribution in [-0.4, -0.2) is 54.6 Å². The lowest BCUT2D eigenvalue weighted by Gasteiger charge is -2.39. The molecule has 0 saturated carbocycles. The van der Waals surface area contributed by atoms with Gasteiger partial charge < -0.3 is 9.64 Å². The van der Waals surface area contributed by atoms with Crippen LogP contribution in [0.1, 0.15) is 44.1 Å². The molecule has 1 aromatic carbocycles. The van der Waals surface area contributed by atoms with Crippen molar-refractivity contribution in [3.63, 3.8) is 0 Å². The molecule has 1 atom stereocenters. The normalized spacial score (nSPS) is 21.5. The van der Waals surface area contributed by atoms with Crippen molar-refractivity contribution in [2.24, 2.45) is 5.92 Å². The minimum Gasteiger partial charge on any atom is -0.453 e. The smallest absolute Gasteiger partial charge is 0.410 e. The number of carbonyl (C=O) groups is 2. The Hall–Kier alpha value is -2.04. The monoisotopic (exact) mass is 358 g/mol. The predicted octanol–water partition coefficient (Wildman–Crippen LogP) is 3.48. The number of rotatable bonds is 4. The second-order valence-electron chi connectivity index (χ2n) is 7.47. The molecule has 0 aromatic heterocycles. The Kier molecular flexibility index (Phi) is 6.53. The lowest BCUT2D eigenvalue weighted by atomic mass is 9.90. The van der Waals surface area contributed by atoms with Crippen LogP contribution in [0.5, 0.6) is 0 Å². The average Bonchev–Trinajstić information content (AvgIpc) is 2.72. The minimum absolute atomic E-state index is 0.108. The largest absolute Gasteiger partial charge is 0.453 e. The van der Waals surface area contributed by atoms with Gasteiger partial charge in [0.2, 0.25) is 5.91 Å². The molecule has 0 spiro atoms. The zero-order valence-electron chi connectivity index (χ0n) is 15.7. The average molecular weight is 358 g/mol. The van der Waals surface area contributed by atoms with Gasteiger partial charge in [0.1, 0.15) is 6.04 Å². The maximum Gasteiger partial charge on any atom is 0.410 e. The van der Waals surface area contributed by atoms with E-state index in [0.29, 0.717) is 12.5 Å². The third-order valence-electron chi connectivity index (χ3n) is 5.81. The van der Waals surface area contributed by atoms with E-state index in [1.165, 1.54) is 19.1 Å². The van der Waals surface area contributed by atoms with E-state index < -0.39 is 0 Å². The molecule has 3 rings (SSSR count). The lowest BCUT2D eigenvalue weighted by molar-refractivity contribution is -0.139. The zero-order valence-corrected chi connectivity index (χ0v) is 15.7. The molecule has 0 bridgehead atoms. The van der Waals surface area contributed by atoms with Crippen molar-refractivity contribution >= 4 is 12.0 Å². The summed E-state index contributed by atoms with van der Waals surface area (Å²) in [6, 6.07) is 10.3. The van der Waals surface area contributed by atoms with Gasteiger partial charge in [-0.2, -0.15) is 0 Å². The van der Waals surface area contributed by atoms with Crippen molar-refractivity contribution in [2.45, 2.75) is 51.0 Å². The first-order chi connectivity index (χ1) is 12.7. The maximum atomic E-state index is 12.9. The van der Waals surface area contributed by atoms with Gasteiger partial charge in [-0.3, -0.25) is 9.69 Å². The Morgan fingerprint density at radius 3 is 2.46 bits per heavy atom. The Bertz CT molecular complexity index is 597. The van der Waals surface area contributed by atoms with Crippen molar-refractivity contribution in [2.75, 3.05) is 26.7 Å². The van der Waals surface area contributed by atoms with Crippen LogP contribution >= 0.6 is 0 Å². The molecule has 5 heteroatoms. The van der Waals surface area contributed by atoms with E-state index in [9.17, 15) is 9.59 Å². The highest BCUT2D eigenvalue weighted by atomic mass is 16.5. The molecule has 142 valence electrons. The second-order valence-corrected chi connectivity index (χ2v) is 7.47. The van der Waals surface area contributed by atoms with Gasteiger partial charge in [0, 0.05) is 19.6 Å². The highest BCUT2D eigenvalue weighted by molar-refractivity contribution is 5.86. The van der Waals surface area contributed by atoms with Crippen LogP contribution in [0.4, 0.5) is 4.79 Å². The zero-order chi connectivity index (χ0) is 18.4. The van der Waals surface area contributed by atoms with Crippen molar-refractivity contribution in [1.29, 1.82) is 0 Å². The minimum atomic E-state index is -0.374. The van der Waals surface area contributed by atoms with Crippen LogP contribution in [0, 0.1) is 5.92 Å². The quantitative estimate of drug-likeness (QED) is 0.828. The van der Waals surface area contributed by atoms with Crippen LogP contribution in [0.2, 0.25) is 0 Å². The fourth-order valence-electron chi connectivity index (χ4n) is 4.19. The van der Waals surface area contributed by atoms with Gasteiger partial charge in [0.15, 0.2) is 0 Å². The third-order valence-corrected chi connectivity index (χ3v) is 5.81. The number of aryl methyl sites for hydroxylation is 1. The molecule has 0 N–H and O–H groups in total. The second kappa shape index (κ2) is 9.06. The van der Waals surface area contributed by atoms with Crippen LogP contribution in [0.3, 0.4) is 0 Å². The number of nitrogens with zero attached hydrogens (tertiary/aromatic N) is 2. The fraction of sp³-hybridized carbons (Fsp3) is 0.619. The first kappa shape index (κ1) is 18.7. The number of hydrogen-bond donors (Lipinski definition) is 0. The standard InChI is InChI=1S/C21H30N2O3/c1-26-21(25)23-14-6-5-9-19(23)20(24)22-15-12-18(13-16-22)11-10-17-7-3-2-4-8-17/h2-4,7-8,18-19H,5-6,9-16H2,1H3. The maximum absolute atomic E-state index is 12.9. The third kappa shape index (κ3) is 4.57. The Labute approximate surface area is 156 Å². The Balaban J connectivity index is 1.49. The van der Waals surface area contributed by atoms with Crippen molar-refractivity contribution < 1.29 is 14.3 Å². The Morgan fingerprint density at radius 2 is 1.77 bits per heavy atom. The number of ether oxygens (including phenoxy) is 1. The fourth-order valence-corrected chi connectivity index (χ4v) is 4.19. The summed E-state index contributed by atoms with van der Waals surface area (Å²) in [5, 5.41) is 0. The molecule has 2 amide bonds.